The van der Waals surface area contributed by atoms with Crippen LogP contribution >= 0.6 is 0 Å². The molecule has 6 rings (SSSR count). The Morgan fingerprint density at radius 3 is 2.23 bits per heavy atom. The van der Waals surface area contributed by atoms with Gasteiger partial charge in [-0.05, 0) is 68.3 Å². The van der Waals surface area contributed by atoms with Crippen molar-refractivity contribution in [1.29, 1.82) is 0 Å². The van der Waals surface area contributed by atoms with Crippen LogP contribution in [0.2, 0.25) is 0 Å². The minimum atomic E-state index is -1.08. The molecule has 4 aliphatic carbocycles. The lowest BCUT2D eigenvalue weighted by Crippen LogP contribution is -2.61. The molecule has 1 aliphatic heterocycles. The third-order valence-corrected chi connectivity index (χ3v) is 7.81. The Balaban J connectivity index is 1.32. The zero-order valence-electron chi connectivity index (χ0n) is 17.7. The molecular formula is C24H31N3O3. The van der Waals surface area contributed by atoms with Crippen molar-refractivity contribution in [2.75, 3.05) is 6.54 Å². The molecule has 4 amide bonds. The molecule has 4 saturated carbocycles. The van der Waals surface area contributed by atoms with Gasteiger partial charge in [0.1, 0.15) is 12.1 Å². The van der Waals surface area contributed by atoms with Crippen molar-refractivity contribution in [3.63, 3.8) is 0 Å². The molecule has 0 spiro atoms. The number of nitrogens with zero attached hydrogens (tertiary/aromatic N) is 1. The molecule has 160 valence electrons. The summed E-state index contributed by atoms with van der Waals surface area (Å²) in [4.78, 5) is 40.3. The van der Waals surface area contributed by atoms with Gasteiger partial charge >= 0.3 is 6.03 Å². The van der Waals surface area contributed by atoms with E-state index in [-0.39, 0.29) is 23.9 Å². The molecule has 1 aromatic carbocycles. The van der Waals surface area contributed by atoms with Crippen molar-refractivity contribution < 1.29 is 14.4 Å². The molecule has 0 aromatic heterocycles. The van der Waals surface area contributed by atoms with Crippen LogP contribution in [-0.4, -0.2) is 34.8 Å². The van der Waals surface area contributed by atoms with E-state index in [1.165, 1.54) is 19.3 Å². The second-order valence-corrected chi connectivity index (χ2v) is 10.1. The molecule has 2 N–H and O–H groups in total. The summed E-state index contributed by atoms with van der Waals surface area (Å²) in [5.74, 6) is 1.65. The highest BCUT2D eigenvalue weighted by Gasteiger charge is 2.54. The summed E-state index contributed by atoms with van der Waals surface area (Å²) < 4.78 is 0. The average Bonchev–Trinajstić information content (AvgIpc) is 2.92. The number of carbonyl (C=O) groups is 3. The molecule has 0 radical (unpaired) electrons. The molecule has 30 heavy (non-hydrogen) atoms. The van der Waals surface area contributed by atoms with E-state index in [9.17, 15) is 14.4 Å². The van der Waals surface area contributed by atoms with Crippen LogP contribution in [0.4, 0.5) is 4.79 Å². The van der Waals surface area contributed by atoms with Gasteiger partial charge in [0, 0.05) is 5.54 Å². The summed E-state index contributed by atoms with van der Waals surface area (Å²) in [5.41, 5.74) is -0.423. The van der Waals surface area contributed by atoms with Crippen LogP contribution in [0, 0.1) is 17.8 Å². The quantitative estimate of drug-likeness (QED) is 0.708. The predicted octanol–water partition coefficient (Wildman–Crippen LogP) is 3.32. The molecule has 6 heteroatoms. The number of urea groups is 1. The van der Waals surface area contributed by atoms with Crippen LogP contribution in [0.1, 0.15) is 63.9 Å². The SMILES string of the molecule is CCC[C@@]1(c2ccccc2)NC(=O)N(CC(=O)NC23CC4CC(CC(C4)C2)C3)C1=O. The van der Waals surface area contributed by atoms with Crippen molar-refractivity contribution in [2.24, 2.45) is 17.8 Å². The summed E-state index contributed by atoms with van der Waals surface area (Å²) in [6.45, 7) is 1.79. The minimum Gasteiger partial charge on any atom is -0.349 e. The third kappa shape index (κ3) is 3.12. The number of hydrogen-bond acceptors (Lipinski definition) is 3. The number of benzene rings is 1. The van der Waals surface area contributed by atoms with E-state index in [2.05, 4.69) is 10.6 Å². The van der Waals surface area contributed by atoms with Crippen molar-refractivity contribution >= 4 is 17.8 Å². The third-order valence-electron chi connectivity index (χ3n) is 7.81. The van der Waals surface area contributed by atoms with E-state index in [0.717, 1.165) is 53.9 Å². The van der Waals surface area contributed by atoms with Gasteiger partial charge in [-0.1, -0.05) is 43.7 Å². The van der Waals surface area contributed by atoms with Crippen LogP contribution in [0.5, 0.6) is 0 Å². The lowest BCUT2D eigenvalue weighted by Gasteiger charge is -2.56. The first-order chi connectivity index (χ1) is 14.4. The predicted molar refractivity (Wildman–Crippen MR) is 112 cm³/mol. The van der Waals surface area contributed by atoms with Crippen LogP contribution < -0.4 is 10.6 Å². The highest BCUT2D eigenvalue weighted by atomic mass is 16.2. The van der Waals surface area contributed by atoms with Crippen molar-refractivity contribution in [3.8, 4) is 0 Å². The van der Waals surface area contributed by atoms with Crippen LogP contribution in [0.25, 0.3) is 0 Å². The van der Waals surface area contributed by atoms with Gasteiger partial charge in [-0.3, -0.25) is 14.5 Å². The minimum absolute atomic E-state index is 0.120. The summed E-state index contributed by atoms with van der Waals surface area (Å²) in [5, 5.41) is 6.19. The van der Waals surface area contributed by atoms with Crippen molar-refractivity contribution in [2.45, 2.75) is 69.4 Å². The first kappa shape index (κ1) is 19.6. The van der Waals surface area contributed by atoms with Crippen molar-refractivity contribution in [3.05, 3.63) is 35.9 Å². The Bertz CT molecular complexity index is 832. The highest BCUT2D eigenvalue weighted by Crippen LogP contribution is 2.55. The maximum absolute atomic E-state index is 13.4. The smallest absolute Gasteiger partial charge is 0.325 e. The molecule has 1 saturated heterocycles. The van der Waals surface area contributed by atoms with Crippen molar-refractivity contribution in [1.82, 2.24) is 15.5 Å². The topological polar surface area (TPSA) is 78.5 Å². The van der Waals surface area contributed by atoms with E-state index in [1.807, 2.05) is 37.3 Å². The van der Waals surface area contributed by atoms with E-state index in [1.54, 1.807) is 0 Å². The largest absolute Gasteiger partial charge is 0.349 e. The Kier molecular flexibility index (Phi) is 4.64. The highest BCUT2D eigenvalue weighted by molar-refractivity contribution is 6.09. The van der Waals surface area contributed by atoms with Crippen LogP contribution in [-0.2, 0) is 15.1 Å². The van der Waals surface area contributed by atoms with Gasteiger partial charge in [-0.2, -0.15) is 0 Å². The van der Waals surface area contributed by atoms with E-state index >= 15 is 0 Å². The summed E-state index contributed by atoms with van der Waals surface area (Å²) in [6, 6.07) is 8.89. The number of carbonyl (C=O) groups excluding carboxylic acids is 3. The molecular weight excluding hydrogens is 378 g/mol. The maximum Gasteiger partial charge on any atom is 0.325 e. The summed E-state index contributed by atoms with van der Waals surface area (Å²) >= 11 is 0. The van der Waals surface area contributed by atoms with Gasteiger partial charge in [0.2, 0.25) is 5.91 Å². The summed E-state index contributed by atoms with van der Waals surface area (Å²) in [7, 11) is 0. The first-order valence-corrected chi connectivity index (χ1v) is 11.4. The second-order valence-electron chi connectivity index (χ2n) is 10.1. The Morgan fingerprint density at radius 1 is 1.07 bits per heavy atom. The number of rotatable bonds is 6. The molecule has 1 atom stereocenters. The first-order valence-electron chi connectivity index (χ1n) is 11.4. The standard InChI is InChI=1S/C24H31N3O3/c1-2-8-24(19-6-4-3-5-7-19)21(29)27(22(30)26-24)15-20(28)25-23-12-16-9-17(13-23)11-18(10-16)14-23/h3-7,16-18H,2,8-15H2,1H3,(H,25,28)(H,26,30)/t16?,17?,18?,23?,24-/m0/s1. The Labute approximate surface area is 177 Å². The average molecular weight is 410 g/mol. The van der Waals surface area contributed by atoms with E-state index in [0.29, 0.717) is 6.42 Å². The maximum atomic E-state index is 13.4. The molecule has 1 aromatic rings. The number of amides is 4. The molecule has 5 fully saturated rings. The fraction of sp³-hybridized carbons (Fsp3) is 0.625. The number of hydrogen-bond donors (Lipinski definition) is 2. The van der Waals surface area contributed by atoms with Gasteiger partial charge < -0.3 is 10.6 Å². The normalized spacial score (nSPS) is 36.8. The zero-order chi connectivity index (χ0) is 20.9. The molecule has 0 unspecified atom stereocenters. The zero-order valence-corrected chi connectivity index (χ0v) is 17.7. The van der Waals surface area contributed by atoms with Gasteiger partial charge in [0.15, 0.2) is 0 Å². The Hall–Kier alpha value is -2.37. The van der Waals surface area contributed by atoms with Gasteiger partial charge in [-0.25, -0.2) is 4.79 Å². The molecule has 6 nitrogen and oxygen atoms in total. The van der Waals surface area contributed by atoms with Crippen LogP contribution in [0.15, 0.2) is 30.3 Å². The fourth-order valence-electron chi connectivity index (χ4n) is 7.12. The Morgan fingerprint density at radius 2 is 1.67 bits per heavy atom. The molecule has 1 heterocycles. The van der Waals surface area contributed by atoms with Crippen LogP contribution in [0.3, 0.4) is 0 Å². The molecule has 5 aliphatic rings. The monoisotopic (exact) mass is 409 g/mol. The van der Waals surface area contributed by atoms with Gasteiger partial charge in [0.25, 0.3) is 5.91 Å². The van der Waals surface area contributed by atoms with Gasteiger partial charge in [-0.15, -0.1) is 0 Å². The summed E-state index contributed by atoms with van der Waals surface area (Å²) in [6.07, 6.45) is 8.32. The number of imide groups is 1. The number of nitrogens with one attached hydrogen (secondary N) is 2. The second kappa shape index (κ2) is 7.10. The van der Waals surface area contributed by atoms with Gasteiger partial charge in [0.05, 0.1) is 0 Å². The van der Waals surface area contributed by atoms with E-state index in [4.69, 9.17) is 0 Å². The lowest BCUT2D eigenvalue weighted by atomic mass is 9.53. The molecule has 4 bridgehead atoms. The fourth-order valence-corrected chi connectivity index (χ4v) is 7.12. The van der Waals surface area contributed by atoms with E-state index < -0.39 is 11.6 Å². The lowest BCUT2D eigenvalue weighted by molar-refractivity contribution is -0.137.